The number of methoxy groups -OCH3 is 1. The monoisotopic (exact) mass is 449 g/mol. The highest BCUT2D eigenvalue weighted by molar-refractivity contribution is 5.94. The summed E-state index contributed by atoms with van der Waals surface area (Å²) in [7, 11) is 1.32. The van der Waals surface area contributed by atoms with Crippen molar-refractivity contribution in [3.8, 4) is 45.7 Å². The van der Waals surface area contributed by atoms with Gasteiger partial charge in [0.2, 0.25) is 0 Å². The highest BCUT2D eigenvalue weighted by atomic mass is 16.5. The molecular weight excluding hydrogens is 430 g/mol. The predicted molar refractivity (Wildman–Crippen MR) is 128 cm³/mol. The van der Waals surface area contributed by atoms with E-state index in [4.69, 9.17) is 4.74 Å². The molecule has 1 heterocycles. The minimum Gasteiger partial charge on any atom is -0.507 e. The van der Waals surface area contributed by atoms with Crippen LogP contribution >= 0.6 is 0 Å². The molecule has 34 heavy (non-hydrogen) atoms. The van der Waals surface area contributed by atoms with Crippen LogP contribution in [0.15, 0.2) is 84.9 Å². The number of fused-ring (bicyclic) bond motifs is 1. The number of para-hydroxylation sites is 1. The quantitative estimate of drug-likeness (QED) is 0.362. The van der Waals surface area contributed by atoms with Crippen LogP contribution in [0, 0.1) is 0 Å². The van der Waals surface area contributed by atoms with Gasteiger partial charge in [0, 0.05) is 10.9 Å². The molecule has 0 bridgehead atoms. The van der Waals surface area contributed by atoms with Crippen LogP contribution in [0.3, 0.4) is 0 Å². The Morgan fingerprint density at radius 3 is 2.09 bits per heavy atom. The van der Waals surface area contributed by atoms with Crippen molar-refractivity contribution in [2.45, 2.75) is 0 Å². The van der Waals surface area contributed by atoms with Crippen LogP contribution in [0.25, 0.3) is 44.9 Å². The molecule has 5 rings (SSSR count). The summed E-state index contributed by atoms with van der Waals surface area (Å²) in [6.07, 6.45) is 0. The summed E-state index contributed by atoms with van der Waals surface area (Å²) in [6.45, 7) is 0. The van der Waals surface area contributed by atoms with Gasteiger partial charge in [-0.1, -0.05) is 54.6 Å². The van der Waals surface area contributed by atoms with Crippen molar-refractivity contribution in [1.29, 1.82) is 0 Å². The number of carbonyl (C=O) groups is 1. The summed E-state index contributed by atoms with van der Waals surface area (Å²) >= 11 is 0. The first-order chi connectivity index (χ1) is 16.5. The Hall–Kier alpha value is -4.78. The summed E-state index contributed by atoms with van der Waals surface area (Å²) in [5, 5.41) is 23.0. The van der Waals surface area contributed by atoms with Crippen molar-refractivity contribution in [1.82, 2.24) is 15.0 Å². The van der Waals surface area contributed by atoms with Crippen LogP contribution in [0.4, 0.5) is 0 Å². The SMILES string of the molecule is COC(=O)c1ccc(-c2nc(-c3ccccc3O)nc(-c3ccc4ccccc4c3O)n2)cc1. The molecule has 166 valence electrons. The van der Waals surface area contributed by atoms with Crippen molar-refractivity contribution < 1.29 is 19.7 Å². The van der Waals surface area contributed by atoms with Gasteiger partial charge in [-0.05, 0) is 35.7 Å². The maximum absolute atomic E-state index is 11.8. The third-order valence-electron chi connectivity index (χ3n) is 5.49. The molecule has 0 saturated carbocycles. The number of hydrogen-bond donors (Lipinski definition) is 2. The Kier molecular flexibility index (Phi) is 5.35. The standard InChI is InChI=1S/C27H19N3O4/c1-34-27(33)18-12-10-17(11-13-18)24-28-25(20-8-4-5-9-22(20)31)30-26(29-24)21-15-14-16-6-2-3-7-19(16)23(21)32/h2-15,31-32H,1H3. The predicted octanol–water partition coefficient (Wildman–Crippen LogP) is 5.22. The van der Waals surface area contributed by atoms with E-state index in [1.54, 1.807) is 54.6 Å². The third-order valence-corrected chi connectivity index (χ3v) is 5.49. The first-order valence-corrected chi connectivity index (χ1v) is 10.5. The molecule has 0 spiro atoms. The van der Waals surface area contributed by atoms with Gasteiger partial charge in [-0.3, -0.25) is 0 Å². The summed E-state index contributed by atoms with van der Waals surface area (Å²) in [6, 6.07) is 24.5. The maximum atomic E-state index is 11.8. The lowest BCUT2D eigenvalue weighted by molar-refractivity contribution is 0.0600. The van der Waals surface area contributed by atoms with Crippen molar-refractivity contribution in [3.63, 3.8) is 0 Å². The lowest BCUT2D eigenvalue weighted by Crippen LogP contribution is -2.02. The molecule has 0 unspecified atom stereocenters. The summed E-state index contributed by atoms with van der Waals surface area (Å²) < 4.78 is 4.76. The van der Waals surface area contributed by atoms with Gasteiger partial charge in [0.1, 0.15) is 11.5 Å². The van der Waals surface area contributed by atoms with E-state index in [-0.39, 0.29) is 23.1 Å². The number of nitrogens with zero attached hydrogens (tertiary/aromatic N) is 3. The van der Waals surface area contributed by atoms with Crippen molar-refractivity contribution >= 4 is 16.7 Å². The number of phenols is 2. The summed E-state index contributed by atoms with van der Waals surface area (Å²) in [4.78, 5) is 25.6. The topological polar surface area (TPSA) is 105 Å². The lowest BCUT2D eigenvalue weighted by atomic mass is 10.0. The van der Waals surface area contributed by atoms with E-state index in [1.807, 2.05) is 30.3 Å². The molecule has 4 aromatic carbocycles. The normalized spacial score (nSPS) is 10.9. The number of esters is 1. The van der Waals surface area contributed by atoms with E-state index in [2.05, 4.69) is 15.0 Å². The van der Waals surface area contributed by atoms with Crippen LogP contribution in [0.1, 0.15) is 10.4 Å². The first kappa shape index (κ1) is 21.1. The lowest BCUT2D eigenvalue weighted by Gasteiger charge is -2.11. The Morgan fingerprint density at radius 1 is 0.706 bits per heavy atom. The fourth-order valence-corrected chi connectivity index (χ4v) is 3.72. The Bertz CT molecular complexity index is 1530. The molecule has 0 aliphatic rings. The number of carbonyl (C=O) groups excluding carboxylic acids is 1. The van der Waals surface area contributed by atoms with Gasteiger partial charge in [-0.15, -0.1) is 0 Å². The smallest absolute Gasteiger partial charge is 0.337 e. The fraction of sp³-hybridized carbons (Fsp3) is 0.0370. The molecule has 0 amide bonds. The van der Waals surface area contributed by atoms with Crippen molar-refractivity contribution in [3.05, 3.63) is 90.5 Å². The van der Waals surface area contributed by atoms with Crippen LogP contribution in [-0.4, -0.2) is 38.2 Å². The van der Waals surface area contributed by atoms with Gasteiger partial charge in [0.15, 0.2) is 17.5 Å². The molecule has 7 nitrogen and oxygen atoms in total. The van der Waals surface area contributed by atoms with Crippen molar-refractivity contribution in [2.75, 3.05) is 7.11 Å². The van der Waals surface area contributed by atoms with Crippen LogP contribution < -0.4 is 0 Å². The molecule has 0 atom stereocenters. The average Bonchev–Trinajstić information content (AvgIpc) is 2.88. The molecule has 2 N–H and O–H groups in total. The minimum atomic E-state index is -0.445. The molecular formula is C27H19N3O4. The zero-order chi connectivity index (χ0) is 23.7. The van der Waals surface area contributed by atoms with Gasteiger partial charge in [-0.2, -0.15) is 0 Å². The number of rotatable bonds is 4. The van der Waals surface area contributed by atoms with E-state index >= 15 is 0 Å². The Morgan fingerprint density at radius 2 is 1.35 bits per heavy atom. The van der Waals surface area contributed by atoms with Gasteiger partial charge < -0.3 is 14.9 Å². The van der Waals surface area contributed by atoms with Gasteiger partial charge >= 0.3 is 5.97 Å². The highest BCUT2D eigenvalue weighted by Gasteiger charge is 2.18. The Balaban J connectivity index is 1.71. The van der Waals surface area contributed by atoms with Gasteiger partial charge in [0.25, 0.3) is 0 Å². The number of aromatic nitrogens is 3. The van der Waals surface area contributed by atoms with Gasteiger partial charge in [0.05, 0.1) is 23.8 Å². The van der Waals surface area contributed by atoms with E-state index in [0.29, 0.717) is 33.5 Å². The highest BCUT2D eigenvalue weighted by Crippen LogP contribution is 2.36. The largest absolute Gasteiger partial charge is 0.507 e. The molecule has 5 aromatic rings. The molecule has 0 aliphatic heterocycles. The summed E-state index contributed by atoms with van der Waals surface area (Å²) in [5.74, 6) is 0.464. The van der Waals surface area contributed by atoms with E-state index in [1.165, 1.54) is 7.11 Å². The molecule has 0 radical (unpaired) electrons. The number of aromatic hydroxyl groups is 2. The minimum absolute atomic E-state index is 0.0226. The first-order valence-electron chi connectivity index (χ1n) is 10.5. The van der Waals surface area contributed by atoms with E-state index < -0.39 is 5.97 Å². The number of ether oxygens (including phenoxy) is 1. The molecule has 7 heteroatoms. The van der Waals surface area contributed by atoms with Gasteiger partial charge in [-0.25, -0.2) is 19.7 Å². The van der Waals surface area contributed by atoms with Crippen LogP contribution in [0.5, 0.6) is 11.5 Å². The fourth-order valence-electron chi connectivity index (χ4n) is 3.72. The third kappa shape index (κ3) is 3.80. The molecule has 0 aliphatic carbocycles. The van der Waals surface area contributed by atoms with Crippen LogP contribution in [-0.2, 0) is 4.74 Å². The second-order valence-electron chi connectivity index (χ2n) is 7.58. The van der Waals surface area contributed by atoms with E-state index in [9.17, 15) is 15.0 Å². The average molecular weight is 449 g/mol. The number of hydrogen-bond acceptors (Lipinski definition) is 7. The van der Waals surface area contributed by atoms with E-state index in [0.717, 1.165) is 5.39 Å². The number of phenolic OH excluding ortho intramolecular Hbond substituents is 2. The zero-order valence-corrected chi connectivity index (χ0v) is 18.1. The molecule has 0 saturated heterocycles. The summed E-state index contributed by atoms with van der Waals surface area (Å²) in [5.41, 5.74) is 1.89. The second-order valence-corrected chi connectivity index (χ2v) is 7.58. The Labute approximate surface area is 195 Å². The second kappa shape index (κ2) is 8.63. The molecule has 1 aromatic heterocycles. The number of benzene rings is 4. The van der Waals surface area contributed by atoms with Crippen LogP contribution in [0.2, 0.25) is 0 Å². The maximum Gasteiger partial charge on any atom is 0.337 e. The molecule has 0 fully saturated rings. The van der Waals surface area contributed by atoms with Crippen molar-refractivity contribution in [2.24, 2.45) is 0 Å². The zero-order valence-electron chi connectivity index (χ0n) is 18.1.